The maximum atomic E-state index is 12.9. The minimum Gasteiger partial charge on any atom is -0.497 e. The van der Waals surface area contributed by atoms with E-state index >= 15 is 0 Å². The molecule has 2 unspecified atom stereocenters. The Bertz CT molecular complexity index is 987. The number of carbonyl (C=O) groups is 1. The first kappa shape index (κ1) is 17.3. The van der Waals surface area contributed by atoms with E-state index in [1.54, 1.807) is 13.4 Å². The van der Waals surface area contributed by atoms with Gasteiger partial charge in [0.25, 0.3) is 0 Å². The second-order valence-electron chi connectivity index (χ2n) is 6.47. The Morgan fingerprint density at radius 1 is 1.19 bits per heavy atom. The molecule has 1 aliphatic rings. The zero-order valence-electron chi connectivity index (χ0n) is 15.3. The summed E-state index contributed by atoms with van der Waals surface area (Å²) < 4.78 is 16.2. The number of benzene rings is 2. The Morgan fingerprint density at radius 2 is 2.00 bits per heavy atom. The molecular weight excluding hydrogens is 342 g/mol. The van der Waals surface area contributed by atoms with Crippen LogP contribution in [0.1, 0.15) is 24.0 Å². The molecule has 0 saturated heterocycles. The summed E-state index contributed by atoms with van der Waals surface area (Å²) in [6.45, 7) is 2.70. The van der Waals surface area contributed by atoms with Crippen molar-refractivity contribution >= 4 is 22.7 Å². The van der Waals surface area contributed by atoms with E-state index in [-0.39, 0.29) is 11.9 Å². The first-order valence-corrected chi connectivity index (χ1v) is 9.04. The van der Waals surface area contributed by atoms with Crippen molar-refractivity contribution in [2.75, 3.05) is 20.3 Å². The summed E-state index contributed by atoms with van der Waals surface area (Å²) in [5.41, 5.74) is 3.55. The summed E-state index contributed by atoms with van der Waals surface area (Å²) in [6, 6.07) is 15.5. The van der Waals surface area contributed by atoms with E-state index in [0.29, 0.717) is 13.2 Å². The second-order valence-corrected chi connectivity index (χ2v) is 6.47. The van der Waals surface area contributed by atoms with E-state index in [1.807, 2.05) is 55.5 Å². The smallest absolute Gasteiger partial charge is 0.315 e. The third-order valence-electron chi connectivity index (χ3n) is 5.01. The lowest BCUT2D eigenvalue weighted by Gasteiger charge is -2.21. The molecule has 0 spiro atoms. The zero-order chi connectivity index (χ0) is 18.8. The number of nitrogens with zero attached hydrogens (tertiary/aromatic N) is 1. The van der Waals surface area contributed by atoms with Gasteiger partial charge in [-0.25, -0.2) is 0 Å². The number of hydrogen-bond donors (Lipinski definition) is 0. The van der Waals surface area contributed by atoms with E-state index in [0.717, 1.165) is 33.6 Å². The van der Waals surface area contributed by atoms with Crippen molar-refractivity contribution in [2.24, 2.45) is 10.9 Å². The van der Waals surface area contributed by atoms with Crippen LogP contribution in [0.2, 0.25) is 0 Å². The number of esters is 1. The van der Waals surface area contributed by atoms with Crippen LogP contribution in [0.5, 0.6) is 5.75 Å². The molecule has 27 heavy (non-hydrogen) atoms. The number of rotatable bonds is 5. The minimum absolute atomic E-state index is 0.0811. The predicted octanol–water partition coefficient (Wildman–Crippen LogP) is 4.21. The topological polar surface area (TPSA) is 61.0 Å². The Hall–Kier alpha value is -3.08. The molecule has 1 aromatic heterocycles. The highest BCUT2D eigenvalue weighted by molar-refractivity contribution is 6.14. The fourth-order valence-corrected chi connectivity index (χ4v) is 3.75. The van der Waals surface area contributed by atoms with Gasteiger partial charge < -0.3 is 13.9 Å². The molecule has 5 nitrogen and oxygen atoms in total. The molecule has 2 heterocycles. The number of ether oxygens (including phenoxy) is 2. The molecule has 2 aromatic carbocycles. The summed E-state index contributed by atoms with van der Waals surface area (Å²) >= 11 is 0. The van der Waals surface area contributed by atoms with Crippen molar-refractivity contribution in [1.82, 2.24) is 0 Å². The van der Waals surface area contributed by atoms with Gasteiger partial charge in [-0.3, -0.25) is 9.79 Å². The van der Waals surface area contributed by atoms with E-state index < -0.39 is 5.92 Å². The summed E-state index contributed by atoms with van der Waals surface area (Å²) in [4.78, 5) is 17.6. The first-order valence-electron chi connectivity index (χ1n) is 9.04. The van der Waals surface area contributed by atoms with Crippen LogP contribution < -0.4 is 4.74 Å². The number of hydrogen-bond acceptors (Lipinski definition) is 5. The van der Waals surface area contributed by atoms with Crippen LogP contribution in [0.3, 0.4) is 0 Å². The Kier molecular flexibility index (Phi) is 4.67. The molecule has 0 bridgehead atoms. The molecule has 2 atom stereocenters. The van der Waals surface area contributed by atoms with Gasteiger partial charge in [0.15, 0.2) is 0 Å². The van der Waals surface area contributed by atoms with Gasteiger partial charge in [0.05, 0.1) is 25.7 Å². The van der Waals surface area contributed by atoms with Gasteiger partial charge in [-0.05, 0) is 54.4 Å². The lowest BCUT2D eigenvalue weighted by atomic mass is 9.82. The van der Waals surface area contributed by atoms with Crippen molar-refractivity contribution in [3.8, 4) is 5.75 Å². The molecule has 1 aliphatic heterocycles. The van der Waals surface area contributed by atoms with Crippen LogP contribution in [0, 0.1) is 5.92 Å². The SMILES string of the molecule is CCOC(=O)C1C(c2ccc(OC)cc2)=NCC1c1cccc2occc12. The van der Waals surface area contributed by atoms with Crippen LogP contribution in [-0.4, -0.2) is 31.9 Å². The number of fused-ring (bicyclic) bond motifs is 1. The van der Waals surface area contributed by atoms with E-state index in [1.165, 1.54) is 0 Å². The molecule has 138 valence electrons. The maximum Gasteiger partial charge on any atom is 0.315 e. The average molecular weight is 363 g/mol. The van der Waals surface area contributed by atoms with E-state index in [4.69, 9.17) is 18.9 Å². The van der Waals surface area contributed by atoms with Crippen LogP contribution in [0.4, 0.5) is 0 Å². The summed E-state index contributed by atoms with van der Waals surface area (Å²) in [5, 5.41) is 1.02. The molecule has 0 radical (unpaired) electrons. The zero-order valence-corrected chi connectivity index (χ0v) is 15.3. The van der Waals surface area contributed by atoms with Crippen LogP contribution in [0.25, 0.3) is 11.0 Å². The van der Waals surface area contributed by atoms with Gasteiger partial charge in [0, 0.05) is 17.8 Å². The molecule has 0 N–H and O–H groups in total. The fraction of sp³-hybridized carbons (Fsp3) is 0.273. The maximum absolute atomic E-state index is 12.9. The molecule has 5 heteroatoms. The lowest BCUT2D eigenvalue weighted by Crippen LogP contribution is -2.29. The highest BCUT2D eigenvalue weighted by Gasteiger charge is 2.40. The summed E-state index contributed by atoms with van der Waals surface area (Å²) in [5.74, 6) is 0.00103. The van der Waals surface area contributed by atoms with Gasteiger partial charge in [-0.2, -0.15) is 0 Å². The fourth-order valence-electron chi connectivity index (χ4n) is 3.75. The number of furan rings is 1. The monoisotopic (exact) mass is 363 g/mol. The number of aliphatic imine (C=N–C) groups is 1. The minimum atomic E-state index is -0.446. The summed E-state index contributed by atoms with van der Waals surface area (Å²) in [6.07, 6.45) is 1.67. The number of methoxy groups -OCH3 is 1. The van der Waals surface area contributed by atoms with Gasteiger partial charge >= 0.3 is 5.97 Å². The number of carbonyl (C=O) groups excluding carboxylic acids is 1. The Labute approximate surface area is 157 Å². The van der Waals surface area contributed by atoms with Gasteiger partial charge in [0.2, 0.25) is 0 Å². The molecule has 0 aliphatic carbocycles. The van der Waals surface area contributed by atoms with Crippen molar-refractivity contribution in [3.05, 3.63) is 65.9 Å². The van der Waals surface area contributed by atoms with Crippen LogP contribution >= 0.6 is 0 Å². The highest BCUT2D eigenvalue weighted by atomic mass is 16.5. The van der Waals surface area contributed by atoms with Crippen LogP contribution in [0.15, 0.2) is 64.2 Å². The average Bonchev–Trinajstić information content (AvgIpc) is 3.35. The van der Waals surface area contributed by atoms with Gasteiger partial charge in [0.1, 0.15) is 17.3 Å². The van der Waals surface area contributed by atoms with Crippen molar-refractivity contribution in [1.29, 1.82) is 0 Å². The summed E-state index contributed by atoms with van der Waals surface area (Å²) in [7, 11) is 1.63. The second kappa shape index (κ2) is 7.27. The molecule has 4 rings (SSSR count). The normalized spacial score (nSPS) is 19.1. The molecule has 0 saturated carbocycles. The van der Waals surface area contributed by atoms with Crippen molar-refractivity contribution in [2.45, 2.75) is 12.8 Å². The predicted molar refractivity (Wildman–Crippen MR) is 103 cm³/mol. The quantitative estimate of drug-likeness (QED) is 0.637. The van der Waals surface area contributed by atoms with Crippen LogP contribution in [-0.2, 0) is 9.53 Å². The standard InChI is InChI=1S/C22H21NO4/c1-3-26-22(24)20-18(16-5-4-6-19-17(16)11-12-27-19)13-23-21(20)14-7-9-15(25-2)10-8-14/h4-12,18,20H,3,13H2,1-2H3. The Balaban J connectivity index is 1.75. The molecule has 0 amide bonds. The highest BCUT2D eigenvalue weighted by Crippen LogP contribution is 2.38. The third-order valence-corrected chi connectivity index (χ3v) is 5.01. The van der Waals surface area contributed by atoms with Gasteiger partial charge in [-0.15, -0.1) is 0 Å². The molecule has 3 aromatic rings. The third kappa shape index (κ3) is 3.10. The van der Waals surface area contributed by atoms with Crippen molar-refractivity contribution in [3.63, 3.8) is 0 Å². The van der Waals surface area contributed by atoms with E-state index in [9.17, 15) is 4.79 Å². The Morgan fingerprint density at radius 3 is 2.74 bits per heavy atom. The van der Waals surface area contributed by atoms with Crippen molar-refractivity contribution < 1.29 is 18.7 Å². The largest absolute Gasteiger partial charge is 0.497 e. The molecular formula is C22H21NO4. The molecule has 0 fully saturated rings. The lowest BCUT2D eigenvalue weighted by molar-refractivity contribution is -0.145. The van der Waals surface area contributed by atoms with Gasteiger partial charge in [-0.1, -0.05) is 12.1 Å². The van der Waals surface area contributed by atoms with E-state index in [2.05, 4.69) is 0 Å². The first-order chi connectivity index (χ1) is 13.2.